The predicted molar refractivity (Wildman–Crippen MR) is 84.1 cm³/mol. The van der Waals surface area contributed by atoms with Crippen molar-refractivity contribution in [1.29, 1.82) is 0 Å². The van der Waals surface area contributed by atoms with Gasteiger partial charge in [-0.2, -0.15) is 5.10 Å². The summed E-state index contributed by atoms with van der Waals surface area (Å²) >= 11 is 0. The molecule has 1 aliphatic rings. The molecule has 3 nitrogen and oxygen atoms in total. The number of carbonyl (C=O) groups is 1. The SMILES string of the molecule is CC(=O)c1c2c(nn1-c1ccccc1C)CCC(C)(C)C2. The summed E-state index contributed by atoms with van der Waals surface area (Å²) in [7, 11) is 0. The van der Waals surface area contributed by atoms with E-state index in [1.807, 2.05) is 22.9 Å². The van der Waals surface area contributed by atoms with E-state index in [0.717, 1.165) is 47.5 Å². The van der Waals surface area contributed by atoms with Gasteiger partial charge in [-0.15, -0.1) is 0 Å². The van der Waals surface area contributed by atoms with Crippen molar-refractivity contribution < 1.29 is 4.79 Å². The third kappa shape index (κ3) is 2.41. The summed E-state index contributed by atoms with van der Waals surface area (Å²) in [6.45, 7) is 8.24. The molecule has 0 amide bonds. The maximum atomic E-state index is 12.2. The van der Waals surface area contributed by atoms with Gasteiger partial charge in [0.1, 0.15) is 5.69 Å². The molecule has 0 saturated carbocycles. The van der Waals surface area contributed by atoms with Crippen molar-refractivity contribution in [2.24, 2.45) is 5.41 Å². The lowest BCUT2D eigenvalue weighted by Crippen LogP contribution is -2.22. The molecule has 0 unspecified atom stereocenters. The van der Waals surface area contributed by atoms with Gasteiger partial charge in [-0.1, -0.05) is 32.0 Å². The highest BCUT2D eigenvalue weighted by Gasteiger charge is 2.32. The zero-order valence-electron chi connectivity index (χ0n) is 13.2. The van der Waals surface area contributed by atoms with Crippen LogP contribution in [-0.4, -0.2) is 15.6 Å². The Morgan fingerprint density at radius 2 is 2.00 bits per heavy atom. The van der Waals surface area contributed by atoms with E-state index in [2.05, 4.69) is 26.8 Å². The van der Waals surface area contributed by atoms with Gasteiger partial charge in [0, 0.05) is 12.5 Å². The normalized spacial score (nSPS) is 16.6. The molecule has 110 valence electrons. The van der Waals surface area contributed by atoms with Crippen molar-refractivity contribution in [3.8, 4) is 5.69 Å². The zero-order valence-corrected chi connectivity index (χ0v) is 13.2. The summed E-state index contributed by atoms with van der Waals surface area (Å²) in [5, 5.41) is 4.76. The van der Waals surface area contributed by atoms with Crippen molar-refractivity contribution in [2.45, 2.75) is 47.0 Å². The first kappa shape index (κ1) is 14.1. The van der Waals surface area contributed by atoms with E-state index in [0.29, 0.717) is 0 Å². The van der Waals surface area contributed by atoms with E-state index in [1.165, 1.54) is 0 Å². The number of rotatable bonds is 2. The van der Waals surface area contributed by atoms with Crippen LogP contribution in [-0.2, 0) is 12.8 Å². The number of Topliss-reactive ketones (excluding diaryl/α,β-unsaturated/α-hetero) is 1. The van der Waals surface area contributed by atoms with E-state index < -0.39 is 0 Å². The van der Waals surface area contributed by atoms with Crippen LogP contribution in [0.2, 0.25) is 0 Å². The number of nitrogens with zero attached hydrogens (tertiary/aromatic N) is 2. The van der Waals surface area contributed by atoms with E-state index in [9.17, 15) is 4.79 Å². The van der Waals surface area contributed by atoms with Gasteiger partial charge < -0.3 is 0 Å². The summed E-state index contributed by atoms with van der Waals surface area (Å²) in [6, 6.07) is 8.10. The fraction of sp³-hybridized carbons (Fsp3) is 0.444. The molecule has 0 radical (unpaired) electrons. The van der Waals surface area contributed by atoms with Crippen LogP contribution in [0, 0.1) is 12.3 Å². The van der Waals surface area contributed by atoms with E-state index in [4.69, 9.17) is 5.10 Å². The first-order valence-electron chi connectivity index (χ1n) is 7.57. The minimum absolute atomic E-state index is 0.102. The lowest BCUT2D eigenvalue weighted by molar-refractivity contribution is 0.100. The Hall–Kier alpha value is -1.90. The first-order valence-corrected chi connectivity index (χ1v) is 7.57. The molecule has 2 aromatic rings. The molecule has 3 rings (SSSR count). The second-order valence-electron chi connectivity index (χ2n) is 6.87. The monoisotopic (exact) mass is 282 g/mol. The Kier molecular flexibility index (Phi) is 3.23. The van der Waals surface area contributed by atoms with Crippen molar-refractivity contribution in [1.82, 2.24) is 9.78 Å². The molecular formula is C18H22N2O. The van der Waals surface area contributed by atoms with Crippen molar-refractivity contribution >= 4 is 5.78 Å². The average Bonchev–Trinajstić information content (AvgIpc) is 2.76. The van der Waals surface area contributed by atoms with Crippen LogP contribution < -0.4 is 0 Å². The van der Waals surface area contributed by atoms with Crippen molar-refractivity contribution in [3.05, 3.63) is 46.8 Å². The van der Waals surface area contributed by atoms with Crippen LogP contribution in [0.3, 0.4) is 0 Å². The fourth-order valence-corrected chi connectivity index (χ4v) is 3.24. The quantitative estimate of drug-likeness (QED) is 0.783. The van der Waals surface area contributed by atoms with Gasteiger partial charge >= 0.3 is 0 Å². The minimum atomic E-state index is 0.102. The number of carbonyl (C=O) groups excluding carboxylic acids is 1. The maximum Gasteiger partial charge on any atom is 0.178 e. The maximum absolute atomic E-state index is 12.2. The summed E-state index contributed by atoms with van der Waals surface area (Å²) in [5.74, 6) is 0.102. The fourth-order valence-electron chi connectivity index (χ4n) is 3.24. The molecule has 0 aliphatic heterocycles. The Labute approximate surface area is 126 Å². The molecule has 1 aromatic heterocycles. The van der Waals surface area contributed by atoms with Crippen LogP contribution in [0.15, 0.2) is 24.3 Å². The summed E-state index contributed by atoms with van der Waals surface area (Å²) in [4.78, 5) is 12.2. The molecule has 1 heterocycles. The summed E-state index contributed by atoms with van der Waals surface area (Å²) < 4.78 is 1.86. The number of aromatic nitrogens is 2. The molecule has 3 heteroatoms. The van der Waals surface area contributed by atoms with Crippen LogP contribution in [0.5, 0.6) is 0 Å². The topological polar surface area (TPSA) is 34.9 Å². The van der Waals surface area contributed by atoms with Gasteiger partial charge in [0.15, 0.2) is 5.78 Å². The Balaban J connectivity index is 2.22. The molecule has 0 fully saturated rings. The number of ketones is 1. The minimum Gasteiger partial charge on any atom is -0.293 e. The van der Waals surface area contributed by atoms with Gasteiger partial charge in [-0.05, 0) is 43.2 Å². The summed E-state index contributed by atoms with van der Waals surface area (Å²) in [5.41, 5.74) is 5.42. The number of aryl methyl sites for hydroxylation is 2. The van der Waals surface area contributed by atoms with Crippen molar-refractivity contribution in [2.75, 3.05) is 0 Å². The lowest BCUT2D eigenvalue weighted by atomic mass is 9.75. The third-order valence-electron chi connectivity index (χ3n) is 4.44. The second-order valence-corrected chi connectivity index (χ2v) is 6.87. The van der Waals surface area contributed by atoms with Gasteiger partial charge in [0.05, 0.1) is 11.4 Å². The molecular weight excluding hydrogens is 260 g/mol. The molecule has 1 aliphatic carbocycles. The average molecular weight is 282 g/mol. The number of benzene rings is 1. The highest BCUT2D eigenvalue weighted by atomic mass is 16.1. The molecule has 21 heavy (non-hydrogen) atoms. The third-order valence-corrected chi connectivity index (χ3v) is 4.44. The lowest BCUT2D eigenvalue weighted by Gasteiger charge is -2.28. The van der Waals surface area contributed by atoms with E-state index in [-0.39, 0.29) is 11.2 Å². The van der Waals surface area contributed by atoms with Gasteiger partial charge in [0.25, 0.3) is 0 Å². The zero-order chi connectivity index (χ0) is 15.2. The molecule has 0 saturated heterocycles. The Bertz CT molecular complexity index is 710. The van der Waals surface area contributed by atoms with Gasteiger partial charge in [-0.3, -0.25) is 4.79 Å². The van der Waals surface area contributed by atoms with Crippen molar-refractivity contribution in [3.63, 3.8) is 0 Å². The molecule has 0 N–H and O–H groups in total. The Morgan fingerprint density at radius 3 is 2.67 bits per heavy atom. The van der Waals surface area contributed by atoms with Crippen LogP contribution in [0.1, 0.15) is 54.5 Å². The molecule has 0 spiro atoms. The van der Waals surface area contributed by atoms with Crippen LogP contribution in [0.4, 0.5) is 0 Å². The van der Waals surface area contributed by atoms with Gasteiger partial charge in [0.2, 0.25) is 0 Å². The van der Waals surface area contributed by atoms with Crippen LogP contribution >= 0.6 is 0 Å². The number of hydrogen-bond donors (Lipinski definition) is 0. The molecule has 1 aromatic carbocycles. The second kappa shape index (κ2) is 4.83. The standard InChI is InChI=1S/C18H22N2O/c1-12-7-5-6-8-16(12)20-17(13(2)21)14-11-18(3,4)10-9-15(14)19-20/h5-8H,9-11H2,1-4H3. The smallest absolute Gasteiger partial charge is 0.178 e. The summed E-state index contributed by atoms with van der Waals surface area (Å²) in [6.07, 6.45) is 3.02. The molecule has 0 atom stereocenters. The number of para-hydroxylation sites is 1. The van der Waals surface area contributed by atoms with E-state index >= 15 is 0 Å². The number of fused-ring (bicyclic) bond motifs is 1. The highest BCUT2D eigenvalue weighted by Crippen LogP contribution is 2.37. The largest absolute Gasteiger partial charge is 0.293 e. The molecule has 0 bridgehead atoms. The van der Waals surface area contributed by atoms with Gasteiger partial charge in [-0.25, -0.2) is 4.68 Å². The van der Waals surface area contributed by atoms with E-state index in [1.54, 1.807) is 6.92 Å². The van der Waals surface area contributed by atoms with Crippen LogP contribution in [0.25, 0.3) is 5.69 Å². The first-order chi connectivity index (χ1) is 9.89. The predicted octanol–water partition coefficient (Wildman–Crippen LogP) is 3.90. The Morgan fingerprint density at radius 1 is 1.29 bits per heavy atom. The number of hydrogen-bond acceptors (Lipinski definition) is 2. The highest BCUT2D eigenvalue weighted by molar-refractivity contribution is 5.95.